The fourth-order valence-corrected chi connectivity index (χ4v) is 3.57. The zero-order valence-electron chi connectivity index (χ0n) is 16.8. The number of hydrogen-bond donors (Lipinski definition) is 1. The third-order valence-electron chi connectivity index (χ3n) is 4.89. The first-order valence-electron chi connectivity index (χ1n) is 10.0. The van der Waals surface area contributed by atoms with Crippen LogP contribution in [-0.2, 0) is 6.54 Å². The quantitative estimate of drug-likeness (QED) is 0.419. The zero-order chi connectivity index (χ0) is 20.1. The Kier molecular flexibility index (Phi) is 5.56. The highest BCUT2D eigenvalue weighted by atomic mass is 15.3. The number of aromatic amines is 1. The van der Waals surface area contributed by atoms with Gasteiger partial charge in [-0.15, -0.1) is 0 Å². The van der Waals surface area contributed by atoms with Gasteiger partial charge in [0.05, 0.1) is 6.54 Å². The van der Waals surface area contributed by atoms with Crippen molar-refractivity contribution in [1.29, 1.82) is 0 Å². The van der Waals surface area contributed by atoms with Crippen molar-refractivity contribution in [3.8, 4) is 0 Å². The summed E-state index contributed by atoms with van der Waals surface area (Å²) in [5.74, 6) is 0. The third-order valence-corrected chi connectivity index (χ3v) is 4.89. The van der Waals surface area contributed by atoms with Gasteiger partial charge in [-0.2, -0.15) is 5.10 Å². The van der Waals surface area contributed by atoms with Crippen LogP contribution in [0.1, 0.15) is 13.8 Å². The maximum atomic E-state index is 4.23. The summed E-state index contributed by atoms with van der Waals surface area (Å²) in [7, 11) is 0. The Morgan fingerprint density at radius 1 is 0.828 bits per heavy atom. The van der Waals surface area contributed by atoms with Crippen molar-refractivity contribution < 1.29 is 0 Å². The predicted octanol–water partition coefficient (Wildman–Crippen LogP) is 5.78. The van der Waals surface area contributed by atoms with Crippen molar-refractivity contribution in [3.63, 3.8) is 0 Å². The molecule has 2 aromatic heterocycles. The van der Waals surface area contributed by atoms with E-state index in [0.29, 0.717) is 0 Å². The van der Waals surface area contributed by atoms with Gasteiger partial charge in [0.25, 0.3) is 0 Å². The fourth-order valence-electron chi connectivity index (χ4n) is 3.57. The van der Waals surface area contributed by atoms with Crippen LogP contribution in [0.5, 0.6) is 0 Å². The number of nitrogens with zero attached hydrogens (tertiary/aromatic N) is 4. The minimum absolute atomic E-state index is 0.765. The number of rotatable bonds is 5. The van der Waals surface area contributed by atoms with Crippen LogP contribution < -0.4 is 4.90 Å². The van der Waals surface area contributed by atoms with Gasteiger partial charge in [-0.05, 0) is 36.4 Å². The lowest BCUT2D eigenvalue weighted by Crippen LogP contribution is -2.22. The van der Waals surface area contributed by atoms with E-state index < -0.39 is 0 Å². The van der Waals surface area contributed by atoms with E-state index in [1.54, 1.807) is 12.7 Å². The predicted molar refractivity (Wildman–Crippen MR) is 121 cm³/mol. The van der Waals surface area contributed by atoms with Crippen LogP contribution in [0.15, 0.2) is 85.5 Å². The smallest absolute Gasteiger partial charge is 0.137 e. The van der Waals surface area contributed by atoms with Crippen molar-refractivity contribution in [2.24, 2.45) is 0 Å². The van der Waals surface area contributed by atoms with Gasteiger partial charge in [0.15, 0.2) is 0 Å². The topological polar surface area (TPSA) is 49.7 Å². The van der Waals surface area contributed by atoms with E-state index in [4.69, 9.17) is 0 Å². The van der Waals surface area contributed by atoms with Crippen LogP contribution in [0.25, 0.3) is 21.8 Å². The van der Waals surface area contributed by atoms with E-state index in [1.165, 1.54) is 22.0 Å². The molecule has 5 aromatic rings. The van der Waals surface area contributed by atoms with E-state index in [0.717, 1.165) is 24.3 Å². The molecule has 0 spiro atoms. The van der Waals surface area contributed by atoms with Crippen molar-refractivity contribution in [1.82, 2.24) is 19.7 Å². The molecule has 5 nitrogen and oxygen atoms in total. The fraction of sp³-hybridized carbons (Fsp3) is 0.167. The van der Waals surface area contributed by atoms with Gasteiger partial charge in [-0.3, -0.25) is 4.68 Å². The lowest BCUT2D eigenvalue weighted by Gasteiger charge is -2.25. The Balaban J connectivity index is 0.000000994. The molecule has 1 N–H and O–H groups in total. The number of fused-ring (bicyclic) bond motifs is 3. The Hall–Kier alpha value is -3.60. The summed E-state index contributed by atoms with van der Waals surface area (Å²) < 4.78 is 1.86. The number of benzene rings is 3. The van der Waals surface area contributed by atoms with Crippen LogP contribution in [-0.4, -0.2) is 26.3 Å². The highest BCUT2D eigenvalue weighted by molar-refractivity contribution is 6.08. The minimum Gasteiger partial charge on any atom is -0.355 e. The van der Waals surface area contributed by atoms with Crippen molar-refractivity contribution >= 4 is 33.2 Å². The Labute approximate surface area is 170 Å². The normalized spacial score (nSPS) is 10.7. The largest absolute Gasteiger partial charge is 0.355 e. The Morgan fingerprint density at radius 3 is 2.38 bits per heavy atom. The number of anilines is 2. The van der Waals surface area contributed by atoms with Gasteiger partial charge in [0, 0.05) is 39.7 Å². The summed E-state index contributed by atoms with van der Waals surface area (Å²) in [6, 6.07) is 25.5. The van der Waals surface area contributed by atoms with E-state index in [1.807, 2.05) is 24.6 Å². The van der Waals surface area contributed by atoms with Crippen LogP contribution in [0, 0.1) is 0 Å². The van der Waals surface area contributed by atoms with Crippen molar-refractivity contribution in [2.75, 3.05) is 11.4 Å². The van der Waals surface area contributed by atoms with Crippen LogP contribution >= 0.6 is 0 Å². The number of hydrogen-bond acceptors (Lipinski definition) is 3. The van der Waals surface area contributed by atoms with Crippen molar-refractivity contribution in [2.45, 2.75) is 20.4 Å². The van der Waals surface area contributed by atoms with Gasteiger partial charge in [-0.25, -0.2) is 4.98 Å². The average molecular weight is 383 g/mol. The molecule has 0 bridgehead atoms. The highest BCUT2D eigenvalue weighted by Gasteiger charge is 2.12. The third kappa shape index (κ3) is 3.85. The molecule has 0 fully saturated rings. The van der Waals surface area contributed by atoms with E-state index in [9.17, 15) is 0 Å². The number of para-hydroxylation sites is 2. The van der Waals surface area contributed by atoms with Crippen molar-refractivity contribution in [3.05, 3.63) is 85.5 Å². The standard InChI is InChI=1S/C22H19N5.C2H6/c1-2-6-17(7-3-1)27(13-12-26-16-23-15-24-26)18-10-11-22-20(14-18)19-8-4-5-9-21(19)25-22;1-2/h1-11,14-16,25H,12-13H2;1-2H3. The monoisotopic (exact) mass is 383 g/mol. The molecule has 146 valence electrons. The maximum absolute atomic E-state index is 4.23. The second kappa shape index (κ2) is 8.61. The molecule has 2 heterocycles. The van der Waals surface area contributed by atoms with Gasteiger partial charge < -0.3 is 9.88 Å². The van der Waals surface area contributed by atoms with Crippen LogP contribution in [0.4, 0.5) is 11.4 Å². The molecule has 5 heteroatoms. The first-order chi connectivity index (χ1) is 14.4. The number of H-pyrrole nitrogens is 1. The molecule has 5 rings (SSSR count). The molecule has 0 unspecified atom stereocenters. The summed E-state index contributed by atoms with van der Waals surface area (Å²) >= 11 is 0. The van der Waals surface area contributed by atoms with Gasteiger partial charge in [0.1, 0.15) is 12.7 Å². The van der Waals surface area contributed by atoms with Gasteiger partial charge in [0.2, 0.25) is 0 Å². The molecule has 0 saturated carbocycles. The Bertz CT molecular complexity index is 1180. The van der Waals surface area contributed by atoms with E-state index >= 15 is 0 Å². The number of nitrogens with one attached hydrogen (secondary N) is 1. The molecule has 29 heavy (non-hydrogen) atoms. The minimum atomic E-state index is 0.765. The maximum Gasteiger partial charge on any atom is 0.137 e. The van der Waals surface area contributed by atoms with Crippen LogP contribution in [0.2, 0.25) is 0 Å². The molecule has 0 aliphatic carbocycles. The zero-order valence-corrected chi connectivity index (χ0v) is 16.8. The lowest BCUT2D eigenvalue weighted by molar-refractivity contribution is 0.617. The first-order valence-corrected chi connectivity index (χ1v) is 10.0. The molecule has 0 saturated heterocycles. The first kappa shape index (κ1) is 18.7. The summed E-state index contributed by atoms with van der Waals surface area (Å²) in [6.07, 6.45) is 3.33. The summed E-state index contributed by atoms with van der Waals surface area (Å²) in [5.41, 5.74) is 4.65. The molecule has 0 aliphatic heterocycles. The van der Waals surface area contributed by atoms with E-state index in [-0.39, 0.29) is 0 Å². The molecule has 0 amide bonds. The second-order valence-corrected chi connectivity index (χ2v) is 6.55. The summed E-state index contributed by atoms with van der Waals surface area (Å²) in [5, 5.41) is 6.72. The molecule has 3 aromatic carbocycles. The molecular weight excluding hydrogens is 358 g/mol. The highest BCUT2D eigenvalue weighted by Crippen LogP contribution is 2.32. The summed E-state index contributed by atoms with van der Waals surface area (Å²) in [4.78, 5) is 9.86. The molecular formula is C24H25N5. The van der Waals surface area contributed by atoms with Crippen LogP contribution in [0.3, 0.4) is 0 Å². The van der Waals surface area contributed by atoms with Gasteiger partial charge in [-0.1, -0.05) is 50.2 Å². The molecule has 0 atom stereocenters. The lowest BCUT2D eigenvalue weighted by atomic mass is 10.1. The van der Waals surface area contributed by atoms with E-state index in [2.05, 4.69) is 86.7 Å². The SMILES string of the molecule is CC.c1ccc(N(CCn2cncn2)c2ccc3[nH]c4ccccc4c3c2)cc1. The molecule has 0 radical (unpaired) electrons. The summed E-state index contributed by atoms with van der Waals surface area (Å²) in [6.45, 7) is 5.57. The molecule has 0 aliphatic rings. The van der Waals surface area contributed by atoms with Gasteiger partial charge >= 0.3 is 0 Å². The second-order valence-electron chi connectivity index (χ2n) is 6.55. The number of aromatic nitrogens is 4. The Morgan fingerprint density at radius 2 is 1.59 bits per heavy atom. The average Bonchev–Trinajstić information content (AvgIpc) is 3.44.